The normalized spacial score (nSPS) is 10.4. The van der Waals surface area contributed by atoms with E-state index in [1.54, 1.807) is 17.8 Å². The van der Waals surface area contributed by atoms with E-state index >= 15 is 0 Å². The van der Waals surface area contributed by atoms with Gasteiger partial charge in [-0.25, -0.2) is 4.98 Å². The first kappa shape index (κ1) is 13.0. The molecule has 0 atom stereocenters. The van der Waals surface area contributed by atoms with Crippen molar-refractivity contribution in [2.24, 2.45) is 0 Å². The van der Waals surface area contributed by atoms with E-state index < -0.39 is 0 Å². The van der Waals surface area contributed by atoms with Gasteiger partial charge in [0, 0.05) is 28.2 Å². The Morgan fingerprint density at radius 1 is 1.10 bits per heavy atom. The number of rotatable bonds is 3. The summed E-state index contributed by atoms with van der Waals surface area (Å²) in [5.41, 5.74) is 1.42. The molecule has 3 rings (SSSR count). The van der Waals surface area contributed by atoms with E-state index in [2.05, 4.69) is 9.97 Å². The van der Waals surface area contributed by atoms with Crippen molar-refractivity contribution in [1.82, 2.24) is 9.97 Å². The molecule has 3 nitrogen and oxygen atoms in total. The van der Waals surface area contributed by atoms with Crippen molar-refractivity contribution in [3.63, 3.8) is 0 Å². The molecule has 0 aliphatic heterocycles. The summed E-state index contributed by atoms with van der Waals surface area (Å²) in [5, 5.41) is 2.57. The number of hydrogen-bond donors (Lipinski definition) is 0. The first-order chi connectivity index (χ1) is 9.83. The first-order valence-corrected chi connectivity index (χ1v) is 7.66. The number of pyridine rings is 1. The van der Waals surface area contributed by atoms with Gasteiger partial charge in [0.2, 0.25) is 5.12 Å². The topological polar surface area (TPSA) is 42.9 Å². The molecule has 0 radical (unpaired) electrons. The van der Waals surface area contributed by atoms with Crippen molar-refractivity contribution < 1.29 is 4.79 Å². The van der Waals surface area contributed by atoms with E-state index in [0.717, 1.165) is 15.5 Å². The van der Waals surface area contributed by atoms with Gasteiger partial charge in [-0.05, 0) is 36.0 Å². The quantitative estimate of drug-likeness (QED) is 0.682. The highest BCUT2D eigenvalue weighted by Gasteiger charge is 2.13. The minimum Gasteiger partial charge on any atom is -0.279 e. The fraction of sp³-hybridized carbons (Fsp3) is 0. The van der Waals surface area contributed by atoms with Gasteiger partial charge in [-0.1, -0.05) is 18.2 Å². The van der Waals surface area contributed by atoms with Gasteiger partial charge in [-0.3, -0.25) is 9.78 Å². The summed E-state index contributed by atoms with van der Waals surface area (Å²) in [7, 11) is 0. The zero-order valence-electron chi connectivity index (χ0n) is 10.4. The monoisotopic (exact) mass is 298 g/mol. The van der Waals surface area contributed by atoms with Crippen molar-refractivity contribution >= 4 is 28.2 Å². The maximum atomic E-state index is 12.2. The van der Waals surface area contributed by atoms with Crippen molar-refractivity contribution in [3.8, 4) is 10.6 Å². The number of nitrogens with zero attached hydrogens (tertiary/aromatic N) is 2. The molecule has 98 valence electrons. The van der Waals surface area contributed by atoms with E-state index in [1.807, 2.05) is 42.5 Å². The van der Waals surface area contributed by atoms with Gasteiger partial charge in [0.05, 0.1) is 0 Å². The van der Waals surface area contributed by atoms with Gasteiger partial charge >= 0.3 is 0 Å². The number of carbonyl (C=O) groups is 1. The molecule has 0 N–H and O–H groups in total. The summed E-state index contributed by atoms with van der Waals surface area (Å²) in [6.45, 7) is 0. The highest BCUT2D eigenvalue weighted by atomic mass is 32.2. The first-order valence-electron chi connectivity index (χ1n) is 5.96. The molecule has 0 saturated carbocycles. The SMILES string of the molecule is O=C(Sc1ccccc1)c1csc(-c2cccnc2)n1. The Labute approximate surface area is 124 Å². The highest BCUT2D eigenvalue weighted by molar-refractivity contribution is 8.14. The Morgan fingerprint density at radius 3 is 2.70 bits per heavy atom. The molecule has 0 fully saturated rings. The standard InChI is InChI=1S/C15H10N2OS2/c18-15(20-12-6-2-1-3-7-12)13-10-19-14(17-13)11-5-4-8-16-9-11/h1-10H. The lowest BCUT2D eigenvalue weighted by Crippen LogP contribution is -1.93. The van der Waals surface area contributed by atoms with Crippen LogP contribution in [0.25, 0.3) is 10.6 Å². The molecular weight excluding hydrogens is 288 g/mol. The zero-order valence-corrected chi connectivity index (χ0v) is 12.0. The molecule has 0 aliphatic carbocycles. The molecule has 2 heterocycles. The molecule has 0 unspecified atom stereocenters. The van der Waals surface area contributed by atoms with E-state index in [9.17, 15) is 4.79 Å². The van der Waals surface area contributed by atoms with Crippen LogP contribution in [0.3, 0.4) is 0 Å². The van der Waals surface area contributed by atoms with E-state index in [1.165, 1.54) is 23.1 Å². The maximum absolute atomic E-state index is 12.2. The summed E-state index contributed by atoms with van der Waals surface area (Å²) >= 11 is 2.65. The highest BCUT2D eigenvalue weighted by Crippen LogP contribution is 2.27. The summed E-state index contributed by atoms with van der Waals surface area (Å²) in [6, 6.07) is 13.4. The number of thiazole rings is 1. The smallest absolute Gasteiger partial charge is 0.243 e. The lowest BCUT2D eigenvalue weighted by Gasteiger charge is -1.97. The molecule has 5 heteroatoms. The predicted molar refractivity (Wildman–Crippen MR) is 82.0 cm³/mol. The molecule has 3 aromatic rings. The van der Waals surface area contributed by atoms with E-state index in [-0.39, 0.29) is 5.12 Å². The Bertz CT molecular complexity index is 711. The lowest BCUT2D eigenvalue weighted by atomic mass is 10.3. The Hall–Kier alpha value is -1.98. The second-order valence-electron chi connectivity index (χ2n) is 3.98. The molecule has 20 heavy (non-hydrogen) atoms. The minimum absolute atomic E-state index is 0.0393. The van der Waals surface area contributed by atoms with Crippen molar-refractivity contribution in [2.45, 2.75) is 4.90 Å². The molecule has 0 aliphatic rings. The molecule has 1 aromatic carbocycles. The fourth-order valence-electron chi connectivity index (χ4n) is 1.64. The Balaban J connectivity index is 1.79. The summed E-state index contributed by atoms with van der Waals surface area (Å²) in [5.74, 6) is 0. The molecule has 2 aromatic heterocycles. The van der Waals surface area contributed by atoms with Crippen LogP contribution in [0.4, 0.5) is 0 Å². The molecule has 0 saturated heterocycles. The third-order valence-corrected chi connectivity index (χ3v) is 4.37. The van der Waals surface area contributed by atoms with Gasteiger partial charge in [-0.2, -0.15) is 0 Å². The van der Waals surface area contributed by atoms with Crippen LogP contribution in [0.5, 0.6) is 0 Å². The van der Waals surface area contributed by atoms with Gasteiger partial charge in [0.25, 0.3) is 0 Å². The molecular formula is C15H10N2OS2. The van der Waals surface area contributed by atoms with Crippen LogP contribution >= 0.6 is 23.1 Å². The average molecular weight is 298 g/mol. The number of aromatic nitrogens is 2. The minimum atomic E-state index is -0.0393. The van der Waals surface area contributed by atoms with Crippen molar-refractivity contribution in [1.29, 1.82) is 0 Å². The molecule has 0 amide bonds. The summed E-state index contributed by atoms with van der Waals surface area (Å²) in [6.07, 6.45) is 3.46. The Kier molecular flexibility index (Phi) is 3.90. The molecule has 0 spiro atoms. The third kappa shape index (κ3) is 2.95. The molecule has 0 bridgehead atoms. The number of thioether (sulfide) groups is 1. The largest absolute Gasteiger partial charge is 0.279 e. The third-order valence-electron chi connectivity index (χ3n) is 2.58. The fourth-order valence-corrected chi connectivity index (χ4v) is 3.22. The van der Waals surface area contributed by atoms with E-state index in [4.69, 9.17) is 0 Å². The van der Waals surface area contributed by atoms with Gasteiger partial charge in [0.15, 0.2) is 0 Å². The summed E-state index contributed by atoms with van der Waals surface area (Å²) in [4.78, 5) is 21.5. The van der Waals surface area contributed by atoms with Crippen molar-refractivity contribution in [2.75, 3.05) is 0 Å². The lowest BCUT2D eigenvalue weighted by molar-refractivity contribution is 0.108. The van der Waals surface area contributed by atoms with Crippen LogP contribution in [0.15, 0.2) is 65.1 Å². The van der Waals surface area contributed by atoms with Crippen molar-refractivity contribution in [3.05, 3.63) is 65.9 Å². The number of carbonyl (C=O) groups excluding carboxylic acids is 1. The average Bonchev–Trinajstić information content (AvgIpc) is 2.99. The summed E-state index contributed by atoms with van der Waals surface area (Å²) < 4.78 is 0. The van der Waals surface area contributed by atoms with Crippen LogP contribution in [0, 0.1) is 0 Å². The van der Waals surface area contributed by atoms with Crippen LogP contribution in [0.1, 0.15) is 10.5 Å². The van der Waals surface area contributed by atoms with Crippen LogP contribution in [-0.4, -0.2) is 15.1 Å². The Morgan fingerprint density at radius 2 is 1.95 bits per heavy atom. The van der Waals surface area contributed by atoms with Crippen LogP contribution in [0.2, 0.25) is 0 Å². The second-order valence-corrected chi connectivity index (χ2v) is 5.89. The zero-order chi connectivity index (χ0) is 13.8. The predicted octanol–water partition coefficient (Wildman–Crippen LogP) is 4.14. The second kappa shape index (κ2) is 5.98. The van der Waals surface area contributed by atoms with Gasteiger partial charge in [-0.15, -0.1) is 11.3 Å². The number of hydrogen-bond acceptors (Lipinski definition) is 5. The van der Waals surface area contributed by atoms with Gasteiger partial charge in [0.1, 0.15) is 10.7 Å². The number of benzene rings is 1. The van der Waals surface area contributed by atoms with Crippen LogP contribution in [-0.2, 0) is 0 Å². The van der Waals surface area contributed by atoms with Gasteiger partial charge < -0.3 is 0 Å². The van der Waals surface area contributed by atoms with Crippen LogP contribution < -0.4 is 0 Å². The van der Waals surface area contributed by atoms with E-state index in [0.29, 0.717) is 5.69 Å². The maximum Gasteiger partial charge on any atom is 0.243 e.